The van der Waals surface area contributed by atoms with Gasteiger partial charge in [-0.05, 0) is 41.8 Å². The number of thiophene rings is 1. The van der Waals surface area contributed by atoms with Crippen molar-refractivity contribution in [2.45, 2.75) is 0 Å². The molecule has 0 aliphatic rings. The van der Waals surface area contributed by atoms with E-state index in [1.165, 1.54) is 29.5 Å². The van der Waals surface area contributed by atoms with E-state index in [0.717, 1.165) is 6.07 Å². The van der Waals surface area contributed by atoms with E-state index >= 15 is 0 Å². The second kappa shape index (κ2) is 9.63. The van der Waals surface area contributed by atoms with Crippen molar-refractivity contribution in [2.24, 2.45) is 0 Å². The SMILES string of the molecule is O=C(CNC(=O)c1ccc(Cl)c(NC(=O)c2cccs2)c1)Nc1ccc(F)c(F)c1F. The van der Waals surface area contributed by atoms with Gasteiger partial charge >= 0.3 is 0 Å². The minimum atomic E-state index is -1.72. The van der Waals surface area contributed by atoms with Gasteiger partial charge in [-0.3, -0.25) is 14.4 Å². The molecule has 0 fully saturated rings. The van der Waals surface area contributed by atoms with E-state index in [9.17, 15) is 27.6 Å². The molecule has 3 aromatic rings. The monoisotopic (exact) mass is 467 g/mol. The van der Waals surface area contributed by atoms with Crippen LogP contribution in [0.3, 0.4) is 0 Å². The summed E-state index contributed by atoms with van der Waals surface area (Å²) in [6.45, 7) is -0.573. The lowest BCUT2D eigenvalue weighted by molar-refractivity contribution is -0.115. The van der Waals surface area contributed by atoms with Crippen LogP contribution in [-0.4, -0.2) is 24.3 Å². The van der Waals surface area contributed by atoms with Crippen LogP contribution in [0.15, 0.2) is 47.8 Å². The van der Waals surface area contributed by atoms with Crippen LogP contribution >= 0.6 is 22.9 Å². The number of hydrogen-bond acceptors (Lipinski definition) is 4. The summed E-state index contributed by atoms with van der Waals surface area (Å²) in [5.41, 5.74) is -0.276. The molecule has 0 aliphatic heterocycles. The highest BCUT2D eigenvalue weighted by atomic mass is 35.5. The molecule has 1 heterocycles. The van der Waals surface area contributed by atoms with Gasteiger partial charge in [0.1, 0.15) is 0 Å². The predicted molar refractivity (Wildman–Crippen MR) is 111 cm³/mol. The predicted octanol–water partition coefficient (Wildman–Crippen LogP) is 4.44. The Morgan fingerprint density at radius 3 is 2.39 bits per heavy atom. The van der Waals surface area contributed by atoms with Gasteiger partial charge in [-0.1, -0.05) is 17.7 Å². The Hall–Kier alpha value is -3.37. The smallest absolute Gasteiger partial charge is 0.265 e. The quantitative estimate of drug-likeness (QED) is 0.468. The van der Waals surface area contributed by atoms with E-state index in [-0.39, 0.29) is 16.3 Å². The van der Waals surface area contributed by atoms with Crippen LogP contribution in [0.1, 0.15) is 20.0 Å². The van der Waals surface area contributed by atoms with Crippen molar-refractivity contribution in [1.29, 1.82) is 0 Å². The van der Waals surface area contributed by atoms with Gasteiger partial charge in [0.05, 0.1) is 27.8 Å². The van der Waals surface area contributed by atoms with Gasteiger partial charge in [-0.15, -0.1) is 11.3 Å². The number of amides is 3. The molecule has 0 saturated heterocycles. The maximum absolute atomic E-state index is 13.6. The Balaban J connectivity index is 1.62. The molecule has 0 unspecified atom stereocenters. The lowest BCUT2D eigenvalue weighted by atomic mass is 10.2. The molecule has 0 spiro atoms. The first-order chi connectivity index (χ1) is 14.8. The first-order valence-corrected chi connectivity index (χ1v) is 9.88. The molecule has 3 rings (SSSR count). The van der Waals surface area contributed by atoms with Crippen molar-refractivity contribution in [1.82, 2.24) is 5.32 Å². The summed E-state index contributed by atoms with van der Waals surface area (Å²) in [6, 6.07) is 8.96. The molecule has 0 bridgehead atoms. The van der Waals surface area contributed by atoms with Gasteiger partial charge in [0, 0.05) is 5.56 Å². The Labute approximate surface area is 183 Å². The van der Waals surface area contributed by atoms with Crippen molar-refractivity contribution in [3.05, 3.63) is 80.8 Å². The van der Waals surface area contributed by atoms with E-state index in [4.69, 9.17) is 11.6 Å². The summed E-state index contributed by atoms with van der Waals surface area (Å²) >= 11 is 7.29. The molecule has 0 atom stereocenters. The summed E-state index contributed by atoms with van der Waals surface area (Å²) < 4.78 is 39.8. The average Bonchev–Trinajstić information content (AvgIpc) is 3.29. The van der Waals surface area contributed by atoms with E-state index in [1.54, 1.807) is 17.5 Å². The summed E-state index contributed by atoms with van der Waals surface area (Å²) in [5, 5.41) is 8.86. The fraction of sp³-hybridized carbons (Fsp3) is 0.0500. The van der Waals surface area contributed by atoms with Gasteiger partial charge in [0.25, 0.3) is 11.8 Å². The molecule has 1 aromatic heterocycles. The second-order valence-electron chi connectivity index (χ2n) is 6.08. The van der Waals surface area contributed by atoms with Gasteiger partial charge in [0.15, 0.2) is 17.5 Å². The van der Waals surface area contributed by atoms with Gasteiger partial charge < -0.3 is 16.0 Å². The Morgan fingerprint density at radius 1 is 0.903 bits per heavy atom. The van der Waals surface area contributed by atoms with Crippen molar-refractivity contribution in [3.63, 3.8) is 0 Å². The number of benzene rings is 2. The minimum Gasteiger partial charge on any atom is -0.343 e. The Kier molecular flexibility index (Phi) is 6.93. The zero-order valence-corrected chi connectivity index (χ0v) is 17.0. The fourth-order valence-corrected chi connectivity index (χ4v) is 3.22. The van der Waals surface area contributed by atoms with Crippen LogP contribution in [0.4, 0.5) is 24.5 Å². The molecule has 160 valence electrons. The van der Waals surface area contributed by atoms with Gasteiger partial charge in [0.2, 0.25) is 5.91 Å². The highest BCUT2D eigenvalue weighted by molar-refractivity contribution is 7.12. The Bertz CT molecular complexity index is 1160. The third-order valence-electron chi connectivity index (χ3n) is 3.94. The minimum absolute atomic E-state index is 0.0951. The fourth-order valence-electron chi connectivity index (χ4n) is 2.43. The first-order valence-electron chi connectivity index (χ1n) is 8.62. The number of rotatable bonds is 6. The zero-order chi connectivity index (χ0) is 22.5. The zero-order valence-electron chi connectivity index (χ0n) is 15.5. The van der Waals surface area contributed by atoms with Crippen molar-refractivity contribution in [2.75, 3.05) is 17.2 Å². The summed E-state index contributed by atoms with van der Waals surface area (Å²) in [6.07, 6.45) is 0. The molecule has 0 saturated carbocycles. The van der Waals surface area contributed by atoms with Crippen molar-refractivity contribution < 1.29 is 27.6 Å². The van der Waals surface area contributed by atoms with Crippen LogP contribution in [0.5, 0.6) is 0 Å². The van der Waals surface area contributed by atoms with Crippen LogP contribution in [-0.2, 0) is 4.79 Å². The van der Waals surface area contributed by atoms with Crippen LogP contribution in [0.25, 0.3) is 0 Å². The molecule has 31 heavy (non-hydrogen) atoms. The topological polar surface area (TPSA) is 87.3 Å². The van der Waals surface area contributed by atoms with Crippen LogP contribution < -0.4 is 16.0 Å². The highest BCUT2D eigenvalue weighted by Crippen LogP contribution is 2.24. The number of carbonyl (C=O) groups is 3. The molecule has 6 nitrogen and oxygen atoms in total. The van der Waals surface area contributed by atoms with Crippen molar-refractivity contribution in [3.8, 4) is 0 Å². The summed E-state index contributed by atoms with van der Waals surface area (Å²) in [5.74, 6) is -6.61. The largest absolute Gasteiger partial charge is 0.343 e. The summed E-state index contributed by atoms with van der Waals surface area (Å²) in [4.78, 5) is 36.9. The lowest BCUT2D eigenvalue weighted by Gasteiger charge is -2.10. The van der Waals surface area contributed by atoms with Gasteiger partial charge in [-0.2, -0.15) is 0 Å². The lowest BCUT2D eigenvalue weighted by Crippen LogP contribution is -2.33. The average molecular weight is 468 g/mol. The molecule has 0 aliphatic carbocycles. The highest BCUT2D eigenvalue weighted by Gasteiger charge is 2.17. The second-order valence-corrected chi connectivity index (χ2v) is 7.43. The third-order valence-corrected chi connectivity index (χ3v) is 5.14. The maximum atomic E-state index is 13.6. The molecular formula is C20H13ClF3N3O3S. The first kappa shape index (κ1) is 22.3. The van der Waals surface area contributed by atoms with E-state index in [0.29, 0.717) is 10.9 Å². The van der Waals surface area contributed by atoms with E-state index < -0.39 is 47.4 Å². The number of anilines is 2. The normalized spacial score (nSPS) is 10.5. The molecule has 2 aromatic carbocycles. The number of nitrogens with one attached hydrogen (secondary N) is 3. The van der Waals surface area contributed by atoms with E-state index in [1.807, 2.05) is 5.32 Å². The van der Waals surface area contributed by atoms with E-state index in [2.05, 4.69) is 10.6 Å². The molecule has 3 amide bonds. The number of halogens is 4. The molecular weight excluding hydrogens is 455 g/mol. The Morgan fingerprint density at radius 2 is 1.68 bits per heavy atom. The van der Waals surface area contributed by atoms with Crippen LogP contribution in [0, 0.1) is 17.5 Å². The van der Waals surface area contributed by atoms with Crippen LogP contribution in [0.2, 0.25) is 5.02 Å². The maximum Gasteiger partial charge on any atom is 0.265 e. The standard InChI is InChI=1S/C20H13ClF3N3O3S/c21-11-4-3-10(8-14(11)27-20(30)15-2-1-7-31-15)19(29)25-9-16(28)26-13-6-5-12(22)17(23)18(13)24/h1-8H,9H2,(H,25,29)(H,26,28)(H,27,30). The van der Waals surface area contributed by atoms with Gasteiger partial charge in [-0.25, -0.2) is 13.2 Å². The third kappa shape index (κ3) is 5.41. The number of hydrogen-bond donors (Lipinski definition) is 3. The molecule has 11 heteroatoms. The number of carbonyl (C=O) groups excluding carboxylic acids is 3. The van der Waals surface area contributed by atoms with Crippen molar-refractivity contribution >= 4 is 52.0 Å². The summed E-state index contributed by atoms with van der Waals surface area (Å²) in [7, 11) is 0. The molecule has 3 N–H and O–H groups in total. The molecule has 0 radical (unpaired) electrons.